The minimum Gasteiger partial charge on any atom is -0.494 e. The van der Waals surface area contributed by atoms with E-state index < -0.39 is 10.0 Å². The van der Waals surface area contributed by atoms with Crippen molar-refractivity contribution >= 4 is 26.6 Å². The lowest BCUT2D eigenvalue weighted by Gasteiger charge is -2.14. The van der Waals surface area contributed by atoms with Crippen LogP contribution in [0.4, 0.5) is 5.69 Å². The number of nitrogens with one attached hydrogen (secondary N) is 2. The monoisotopic (exact) mass is 414 g/mol. The van der Waals surface area contributed by atoms with E-state index in [9.17, 15) is 13.2 Å². The lowest BCUT2D eigenvalue weighted by atomic mass is 10.2. The number of anilines is 1. The number of aromatic nitrogens is 5. The van der Waals surface area contributed by atoms with Crippen LogP contribution in [-0.4, -0.2) is 39.8 Å². The molecule has 0 fully saturated rings. The zero-order valence-electron chi connectivity index (χ0n) is 15.9. The number of sulfonamides is 1. The maximum Gasteiger partial charge on any atom is 0.331 e. The topological polar surface area (TPSA) is 124 Å². The largest absolute Gasteiger partial charge is 0.494 e. The van der Waals surface area contributed by atoms with Crippen molar-refractivity contribution in [2.45, 2.75) is 11.8 Å². The molecule has 0 unspecified atom stereocenters. The molecule has 0 saturated heterocycles. The van der Waals surface area contributed by atoms with Gasteiger partial charge in [0.25, 0.3) is 10.0 Å². The molecule has 29 heavy (non-hydrogen) atoms. The predicted molar refractivity (Wildman–Crippen MR) is 107 cm³/mol. The molecular weight excluding hydrogens is 396 g/mol. The SMILES string of the molecule is COc1ccc2cnn(C)c2c1NS(=O)(=O)c1ccc(-n2cc(C)[nH]c2=O)nc1. The fraction of sp³-hybridized carbons (Fsp3) is 0.167. The molecule has 0 bridgehead atoms. The maximum absolute atomic E-state index is 13.0. The smallest absolute Gasteiger partial charge is 0.331 e. The molecule has 3 aromatic heterocycles. The van der Waals surface area contributed by atoms with Crippen molar-refractivity contribution < 1.29 is 13.2 Å². The van der Waals surface area contributed by atoms with Crippen molar-refractivity contribution in [2.24, 2.45) is 7.05 Å². The minimum absolute atomic E-state index is 0.0530. The third-order valence-electron chi connectivity index (χ3n) is 4.44. The fourth-order valence-corrected chi connectivity index (χ4v) is 4.09. The highest BCUT2D eigenvalue weighted by Gasteiger charge is 2.21. The van der Waals surface area contributed by atoms with Crippen LogP contribution in [0, 0.1) is 6.92 Å². The summed E-state index contributed by atoms with van der Waals surface area (Å²) in [6.45, 7) is 1.74. The summed E-state index contributed by atoms with van der Waals surface area (Å²) in [5.74, 6) is 0.674. The Kier molecular flexibility index (Phi) is 4.38. The molecule has 0 aliphatic rings. The normalized spacial score (nSPS) is 11.7. The predicted octanol–water partition coefficient (Wildman–Crippen LogP) is 1.57. The van der Waals surface area contributed by atoms with E-state index in [1.807, 2.05) is 0 Å². The van der Waals surface area contributed by atoms with Crippen LogP contribution >= 0.6 is 0 Å². The number of fused-ring (bicyclic) bond motifs is 1. The molecule has 0 atom stereocenters. The number of aryl methyl sites for hydroxylation is 2. The quantitative estimate of drug-likeness (QED) is 0.511. The number of methoxy groups -OCH3 is 1. The van der Waals surface area contributed by atoms with Gasteiger partial charge < -0.3 is 9.72 Å². The van der Waals surface area contributed by atoms with Gasteiger partial charge >= 0.3 is 5.69 Å². The van der Waals surface area contributed by atoms with E-state index in [0.29, 0.717) is 22.8 Å². The van der Waals surface area contributed by atoms with Gasteiger partial charge in [0.15, 0.2) is 0 Å². The van der Waals surface area contributed by atoms with Crippen molar-refractivity contribution in [3.63, 3.8) is 0 Å². The first-order chi connectivity index (χ1) is 13.8. The highest BCUT2D eigenvalue weighted by atomic mass is 32.2. The average molecular weight is 414 g/mol. The number of hydrogen-bond donors (Lipinski definition) is 2. The number of H-pyrrole nitrogens is 1. The number of hydrogen-bond acceptors (Lipinski definition) is 6. The van der Waals surface area contributed by atoms with Crippen LogP contribution in [0.2, 0.25) is 0 Å². The summed E-state index contributed by atoms with van der Waals surface area (Å²) in [5.41, 5.74) is 1.20. The number of aromatic amines is 1. The van der Waals surface area contributed by atoms with Crippen molar-refractivity contribution in [3.05, 3.63) is 59.0 Å². The van der Waals surface area contributed by atoms with Crippen LogP contribution in [0.15, 0.2) is 52.5 Å². The van der Waals surface area contributed by atoms with Gasteiger partial charge in [0.1, 0.15) is 22.2 Å². The minimum atomic E-state index is -3.96. The Morgan fingerprint density at radius 2 is 1.97 bits per heavy atom. The average Bonchev–Trinajstić information content (AvgIpc) is 3.23. The molecule has 10 nitrogen and oxygen atoms in total. The van der Waals surface area contributed by atoms with Gasteiger partial charge in [-0.1, -0.05) is 0 Å². The molecule has 4 aromatic rings. The molecule has 2 N–H and O–H groups in total. The Balaban J connectivity index is 1.73. The molecule has 0 radical (unpaired) electrons. The molecule has 0 aliphatic carbocycles. The zero-order chi connectivity index (χ0) is 20.8. The molecule has 0 saturated carbocycles. The third kappa shape index (κ3) is 3.25. The summed E-state index contributed by atoms with van der Waals surface area (Å²) in [7, 11) is -0.789. The molecule has 0 amide bonds. The van der Waals surface area contributed by atoms with E-state index in [1.54, 1.807) is 43.2 Å². The number of imidazole rings is 1. The van der Waals surface area contributed by atoms with Gasteiger partial charge in [-0.25, -0.2) is 18.2 Å². The first-order valence-corrected chi connectivity index (χ1v) is 10.0. The summed E-state index contributed by atoms with van der Waals surface area (Å²) in [5, 5.41) is 4.93. The van der Waals surface area contributed by atoms with Crippen LogP contribution in [0.3, 0.4) is 0 Å². The second kappa shape index (κ2) is 6.78. The number of nitrogens with zero attached hydrogens (tertiary/aromatic N) is 4. The Morgan fingerprint density at radius 1 is 1.17 bits per heavy atom. The Bertz CT molecular complexity index is 1370. The Hall–Kier alpha value is -3.60. The van der Waals surface area contributed by atoms with Crippen LogP contribution in [0.1, 0.15) is 5.69 Å². The molecule has 1 aromatic carbocycles. The third-order valence-corrected chi connectivity index (χ3v) is 5.78. The molecular formula is C18H18N6O4S. The summed E-state index contributed by atoms with van der Waals surface area (Å²) < 4.78 is 36.7. The van der Waals surface area contributed by atoms with Gasteiger partial charge in [0.2, 0.25) is 0 Å². The molecule has 4 rings (SSSR count). The number of rotatable bonds is 5. The van der Waals surface area contributed by atoms with Crippen LogP contribution in [0.25, 0.3) is 16.7 Å². The zero-order valence-corrected chi connectivity index (χ0v) is 16.7. The number of ether oxygens (including phenoxy) is 1. The van der Waals surface area contributed by atoms with Crippen molar-refractivity contribution in [1.29, 1.82) is 0 Å². The molecule has 3 heterocycles. The van der Waals surface area contributed by atoms with Crippen LogP contribution in [0.5, 0.6) is 5.75 Å². The van der Waals surface area contributed by atoms with E-state index in [2.05, 4.69) is 19.8 Å². The maximum atomic E-state index is 13.0. The highest BCUT2D eigenvalue weighted by molar-refractivity contribution is 7.92. The summed E-state index contributed by atoms with van der Waals surface area (Å²) in [6.07, 6.45) is 4.42. The van der Waals surface area contributed by atoms with Crippen LogP contribution in [-0.2, 0) is 17.1 Å². The van der Waals surface area contributed by atoms with E-state index in [0.717, 1.165) is 5.39 Å². The van der Waals surface area contributed by atoms with E-state index >= 15 is 0 Å². The fourth-order valence-electron chi connectivity index (χ4n) is 3.07. The van der Waals surface area contributed by atoms with E-state index in [1.165, 1.54) is 30.0 Å². The Labute approximate surface area is 165 Å². The second-order valence-corrected chi connectivity index (χ2v) is 8.10. The van der Waals surface area contributed by atoms with Crippen LogP contribution < -0.4 is 15.1 Å². The van der Waals surface area contributed by atoms with Crippen molar-refractivity contribution in [2.75, 3.05) is 11.8 Å². The number of benzene rings is 1. The first-order valence-electron chi connectivity index (χ1n) is 8.56. The van der Waals surface area contributed by atoms with Gasteiger partial charge in [0.05, 0.1) is 18.8 Å². The molecule has 11 heteroatoms. The van der Waals surface area contributed by atoms with E-state index in [-0.39, 0.29) is 16.3 Å². The first kappa shape index (κ1) is 18.7. The standard InChI is InChI=1S/C18H18N6O4S/c1-11-10-24(18(25)21-11)15-7-5-13(9-19-15)29(26,27)22-16-14(28-3)6-4-12-8-20-23(2)17(12)16/h4-10,22H,1-3H3,(H,21,25). The second-order valence-electron chi connectivity index (χ2n) is 6.42. The van der Waals surface area contributed by atoms with Gasteiger partial charge in [-0.2, -0.15) is 5.10 Å². The van der Waals surface area contributed by atoms with Gasteiger partial charge in [0, 0.05) is 30.5 Å². The number of pyridine rings is 1. The summed E-state index contributed by atoms with van der Waals surface area (Å²) in [6, 6.07) is 6.32. The lowest BCUT2D eigenvalue weighted by molar-refractivity contribution is 0.417. The highest BCUT2D eigenvalue weighted by Crippen LogP contribution is 2.34. The molecule has 0 spiro atoms. The van der Waals surface area contributed by atoms with E-state index in [4.69, 9.17) is 4.74 Å². The van der Waals surface area contributed by atoms with Gasteiger partial charge in [-0.3, -0.25) is 14.0 Å². The van der Waals surface area contributed by atoms with Crippen molar-refractivity contribution in [3.8, 4) is 11.6 Å². The van der Waals surface area contributed by atoms with Gasteiger partial charge in [-0.05, 0) is 31.2 Å². The Morgan fingerprint density at radius 3 is 2.59 bits per heavy atom. The summed E-state index contributed by atoms with van der Waals surface area (Å²) >= 11 is 0. The van der Waals surface area contributed by atoms with Gasteiger partial charge in [-0.15, -0.1) is 0 Å². The molecule has 0 aliphatic heterocycles. The lowest BCUT2D eigenvalue weighted by Crippen LogP contribution is -2.17. The summed E-state index contributed by atoms with van der Waals surface area (Å²) in [4.78, 5) is 18.6. The van der Waals surface area contributed by atoms with Crippen molar-refractivity contribution in [1.82, 2.24) is 24.3 Å². The molecule has 150 valence electrons.